The van der Waals surface area contributed by atoms with Gasteiger partial charge in [-0.25, -0.2) is 8.78 Å². The molecular formula is C15H15F2N. The molecule has 2 aromatic carbocycles. The molecule has 0 radical (unpaired) electrons. The van der Waals surface area contributed by atoms with E-state index in [9.17, 15) is 8.78 Å². The standard InChI is InChI=1S/C15H15F2N/c1-10-8-12(16)7-6-11(10)9-15(18)13-4-2-3-5-14(13)17/h2-8,15H,9,18H2,1H3. The Morgan fingerprint density at radius 2 is 1.83 bits per heavy atom. The highest BCUT2D eigenvalue weighted by Gasteiger charge is 2.12. The number of halogens is 2. The van der Waals surface area contributed by atoms with Gasteiger partial charge in [-0.15, -0.1) is 0 Å². The maximum absolute atomic E-state index is 13.6. The lowest BCUT2D eigenvalue weighted by Gasteiger charge is -2.14. The van der Waals surface area contributed by atoms with Gasteiger partial charge in [-0.1, -0.05) is 24.3 Å². The molecule has 0 bridgehead atoms. The van der Waals surface area contributed by atoms with Gasteiger partial charge in [0.25, 0.3) is 0 Å². The fraction of sp³-hybridized carbons (Fsp3) is 0.200. The van der Waals surface area contributed by atoms with E-state index in [1.807, 2.05) is 6.92 Å². The van der Waals surface area contributed by atoms with E-state index in [0.29, 0.717) is 12.0 Å². The van der Waals surface area contributed by atoms with Gasteiger partial charge in [0.2, 0.25) is 0 Å². The molecule has 0 aliphatic heterocycles. The van der Waals surface area contributed by atoms with Gasteiger partial charge in [0.1, 0.15) is 11.6 Å². The van der Waals surface area contributed by atoms with Crippen molar-refractivity contribution in [1.29, 1.82) is 0 Å². The third kappa shape index (κ3) is 2.74. The van der Waals surface area contributed by atoms with Crippen molar-refractivity contribution in [3.05, 3.63) is 70.8 Å². The van der Waals surface area contributed by atoms with Gasteiger partial charge in [-0.05, 0) is 42.7 Å². The Hall–Kier alpha value is -1.74. The van der Waals surface area contributed by atoms with Gasteiger partial charge in [0.05, 0.1) is 0 Å². The maximum Gasteiger partial charge on any atom is 0.127 e. The first kappa shape index (κ1) is 12.7. The highest BCUT2D eigenvalue weighted by Crippen LogP contribution is 2.21. The van der Waals surface area contributed by atoms with Crippen molar-refractivity contribution in [3.63, 3.8) is 0 Å². The van der Waals surface area contributed by atoms with Crippen LogP contribution in [0, 0.1) is 18.6 Å². The predicted molar refractivity (Wildman–Crippen MR) is 68.2 cm³/mol. The second-order valence-corrected chi connectivity index (χ2v) is 4.40. The van der Waals surface area contributed by atoms with Crippen molar-refractivity contribution in [2.75, 3.05) is 0 Å². The van der Waals surface area contributed by atoms with E-state index >= 15 is 0 Å². The van der Waals surface area contributed by atoms with E-state index in [1.54, 1.807) is 24.3 Å². The molecule has 0 saturated heterocycles. The monoisotopic (exact) mass is 247 g/mol. The summed E-state index contributed by atoms with van der Waals surface area (Å²) >= 11 is 0. The molecule has 1 atom stereocenters. The van der Waals surface area contributed by atoms with Crippen LogP contribution in [0.2, 0.25) is 0 Å². The zero-order valence-electron chi connectivity index (χ0n) is 10.2. The Bertz CT molecular complexity index is 552. The van der Waals surface area contributed by atoms with Crippen molar-refractivity contribution >= 4 is 0 Å². The molecule has 0 fully saturated rings. The summed E-state index contributed by atoms with van der Waals surface area (Å²) in [5.74, 6) is -0.569. The van der Waals surface area contributed by atoms with Gasteiger partial charge < -0.3 is 5.73 Å². The van der Waals surface area contributed by atoms with Crippen LogP contribution in [0.3, 0.4) is 0 Å². The molecule has 0 amide bonds. The largest absolute Gasteiger partial charge is 0.324 e. The summed E-state index contributed by atoms with van der Waals surface area (Å²) in [7, 11) is 0. The van der Waals surface area contributed by atoms with Gasteiger partial charge in [0.15, 0.2) is 0 Å². The predicted octanol–water partition coefficient (Wildman–Crippen LogP) is 3.52. The smallest absolute Gasteiger partial charge is 0.127 e. The minimum absolute atomic E-state index is 0.268. The van der Waals surface area contributed by atoms with Gasteiger partial charge in [-0.3, -0.25) is 0 Å². The fourth-order valence-corrected chi connectivity index (χ4v) is 2.01. The Balaban J connectivity index is 2.21. The summed E-state index contributed by atoms with van der Waals surface area (Å²) in [6.45, 7) is 1.83. The van der Waals surface area contributed by atoms with Crippen LogP contribution in [0.25, 0.3) is 0 Å². The van der Waals surface area contributed by atoms with E-state index in [0.717, 1.165) is 11.1 Å². The van der Waals surface area contributed by atoms with Gasteiger partial charge in [0, 0.05) is 11.6 Å². The summed E-state index contributed by atoms with van der Waals surface area (Å²) in [4.78, 5) is 0. The van der Waals surface area contributed by atoms with Gasteiger partial charge in [-0.2, -0.15) is 0 Å². The van der Waals surface area contributed by atoms with E-state index in [2.05, 4.69) is 0 Å². The zero-order chi connectivity index (χ0) is 13.1. The van der Waals surface area contributed by atoms with E-state index in [4.69, 9.17) is 5.73 Å². The van der Waals surface area contributed by atoms with Crippen LogP contribution in [0.1, 0.15) is 22.7 Å². The first-order valence-corrected chi connectivity index (χ1v) is 5.83. The van der Waals surface area contributed by atoms with Crippen LogP contribution in [0.5, 0.6) is 0 Å². The fourth-order valence-electron chi connectivity index (χ4n) is 2.01. The quantitative estimate of drug-likeness (QED) is 0.882. The molecule has 94 valence electrons. The molecule has 0 heterocycles. The van der Waals surface area contributed by atoms with E-state index < -0.39 is 6.04 Å². The lowest BCUT2D eigenvalue weighted by Crippen LogP contribution is -2.15. The summed E-state index contributed by atoms with van der Waals surface area (Å²) < 4.78 is 26.5. The minimum Gasteiger partial charge on any atom is -0.324 e. The van der Waals surface area contributed by atoms with Crippen LogP contribution in [0.4, 0.5) is 8.78 Å². The molecular weight excluding hydrogens is 232 g/mol. The van der Waals surface area contributed by atoms with Crippen LogP contribution < -0.4 is 5.73 Å². The molecule has 0 aliphatic carbocycles. The molecule has 2 aromatic rings. The highest BCUT2D eigenvalue weighted by molar-refractivity contribution is 5.30. The summed E-state index contributed by atoms with van der Waals surface area (Å²) in [5, 5.41) is 0. The second kappa shape index (κ2) is 5.27. The van der Waals surface area contributed by atoms with E-state index in [1.165, 1.54) is 18.2 Å². The topological polar surface area (TPSA) is 26.0 Å². The first-order valence-electron chi connectivity index (χ1n) is 5.83. The number of hydrogen-bond acceptors (Lipinski definition) is 1. The molecule has 0 aliphatic rings. The average molecular weight is 247 g/mol. The van der Waals surface area contributed by atoms with Crippen molar-refractivity contribution in [2.24, 2.45) is 5.73 Å². The molecule has 1 nitrogen and oxygen atoms in total. The Labute approximate surface area is 105 Å². The molecule has 2 rings (SSSR count). The third-order valence-electron chi connectivity index (χ3n) is 3.05. The molecule has 1 unspecified atom stereocenters. The Kier molecular flexibility index (Phi) is 3.72. The molecule has 3 heteroatoms. The summed E-state index contributed by atoms with van der Waals surface area (Å²) in [6.07, 6.45) is 0.493. The number of rotatable bonds is 3. The SMILES string of the molecule is Cc1cc(F)ccc1CC(N)c1ccccc1F. The van der Waals surface area contributed by atoms with Crippen LogP contribution >= 0.6 is 0 Å². The van der Waals surface area contributed by atoms with E-state index in [-0.39, 0.29) is 11.6 Å². The van der Waals surface area contributed by atoms with Crippen molar-refractivity contribution < 1.29 is 8.78 Å². The molecule has 2 N–H and O–H groups in total. The lowest BCUT2D eigenvalue weighted by molar-refractivity contribution is 0.579. The molecule has 0 aromatic heterocycles. The number of aryl methyl sites for hydroxylation is 1. The lowest BCUT2D eigenvalue weighted by atomic mass is 9.96. The normalized spacial score (nSPS) is 12.4. The summed E-state index contributed by atoms with van der Waals surface area (Å²) in [5.41, 5.74) is 8.26. The van der Waals surface area contributed by atoms with Crippen molar-refractivity contribution in [3.8, 4) is 0 Å². The van der Waals surface area contributed by atoms with Gasteiger partial charge >= 0.3 is 0 Å². The van der Waals surface area contributed by atoms with Crippen molar-refractivity contribution in [2.45, 2.75) is 19.4 Å². The zero-order valence-corrected chi connectivity index (χ0v) is 10.2. The van der Waals surface area contributed by atoms with Crippen LogP contribution in [-0.2, 0) is 6.42 Å². The summed E-state index contributed by atoms with van der Waals surface area (Å²) in [6, 6.07) is 10.6. The second-order valence-electron chi connectivity index (χ2n) is 4.40. The van der Waals surface area contributed by atoms with Crippen LogP contribution in [0.15, 0.2) is 42.5 Å². The highest BCUT2D eigenvalue weighted by atomic mass is 19.1. The molecule has 18 heavy (non-hydrogen) atoms. The third-order valence-corrected chi connectivity index (χ3v) is 3.05. The average Bonchev–Trinajstić information content (AvgIpc) is 2.33. The number of benzene rings is 2. The molecule has 0 saturated carbocycles. The van der Waals surface area contributed by atoms with Crippen molar-refractivity contribution in [1.82, 2.24) is 0 Å². The maximum atomic E-state index is 13.6. The minimum atomic E-state index is -0.421. The number of nitrogens with two attached hydrogens (primary N) is 1. The van der Waals surface area contributed by atoms with Crippen LogP contribution in [-0.4, -0.2) is 0 Å². The molecule has 0 spiro atoms. The Morgan fingerprint density at radius 3 is 2.50 bits per heavy atom. The number of hydrogen-bond donors (Lipinski definition) is 1. The Morgan fingerprint density at radius 1 is 1.11 bits per heavy atom. The first-order chi connectivity index (χ1) is 8.58.